The summed E-state index contributed by atoms with van der Waals surface area (Å²) in [6.45, 7) is 2.75. The molecule has 0 aromatic heterocycles. The Kier molecular flexibility index (Phi) is 5.60. The highest BCUT2D eigenvalue weighted by Crippen LogP contribution is 2.51. The van der Waals surface area contributed by atoms with E-state index < -0.39 is 62.7 Å². The average molecular weight is 561 g/mol. The van der Waals surface area contributed by atoms with E-state index in [-0.39, 0.29) is 29.9 Å². The van der Waals surface area contributed by atoms with Crippen molar-refractivity contribution in [3.63, 3.8) is 0 Å². The van der Waals surface area contributed by atoms with E-state index in [1.165, 1.54) is 36.9 Å². The summed E-state index contributed by atoms with van der Waals surface area (Å²) >= 11 is 11.5. The molecular formula is C24H18Cl2F4N2O5. The lowest BCUT2D eigenvalue weighted by Crippen LogP contribution is -2.64. The third-order valence-corrected chi connectivity index (χ3v) is 7.24. The van der Waals surface area contributed by atoms with Gasteiger partial charge in [-0.15, -0.1) is 0 Å². The van der Waals surface area contributed by atoms with Gasteiger partial charge in [0.15, 0.2) is 11.4 Å². The van der Waals surface area contributed by atoms with Gasteiger partial charge in [-0.05, 0) is 32.0 Å². The number of hydrogen-bond acceptors (Lipinski definition) is 6. The Hall–Kier alpha value is -2.89. The highest BCUT2D eigenvalue weighted by Gasteiger charge is 2.63. The predicted octanol–water partition coefficient (Wildman–Crippen LogP) is 4.69. The number of likely N-dealkylation sites (tertiary alicyclic amines) is 1. The number of fused-ring (bicyclic) bond motifs is 2. The first-order chi connectivity index (χ1) is 17.1. The Morgan fingerprint density at radius 3 is 2.32 bits per heavy atom. The van der Waals surface area contributed by atoms with E-state index in [0.717, 1.165) is 12.1 Å². The van der Waals surface area contributed by atoms with Crippen LogP contribution in [0.2, 0.25) is 10.0 Å². The molecule has 3 aliphatic rings. The van der Waals surface area contributed by atoms with E-state index in [4.69, 9.17) is 32.8 Å². The van der Waals surface area contributed by atoms with E-state index in [1.807, 2.05) is 0 Å². The quantitative estimate of drug-likeness (QED) is 0.334. The molecule has 1 N–H and O–H groups in total. The molecule has 1 spiro atoms. The summed E-state index contributed by atoms with van der Waals surface area (Å²) in [5, 5.41) is 12.4. The van der Waals surface area contributed by atoms with Crippen LogP contribution < -0.4 is 0 Å². The van der Waals surface area contributed by atoms with Gasteiger partial charge in [0.1, 0.15) is 5.60 Å². The number of carbonyl (C=O) groups is 2. The van der Waals surface area contributed by atoms with Gasteiger partial charge in [0, 0.05) is 23.1 Å². The molecule has 37 heavy (non-hydrogen) atoms. The van der Waals surface area contributed by atoms with Crippen LogP contribution >= 0.6 is 23.2 Å². The number of amides is 1. The fraction of sp³-hybridized carbons (Fsp3) is 0.375. The molecule has 0 bridgehead atoms. The molecule has 1 amide bonds. The van der Waals surface area contributed by atoms with Gasteiger partial charge in [-0.3, -0.25) is 4.79 Å². The molecule has 0 aliphatic carbocycles. The molecule has 0 saturated carbocycles. The zero-order valence-corrected chi connectivity index (χ0v) is 20.8. The van der Waals surface area contributed by atoms with Crippen LogP contribution in [0.25, 0.3) is 0 Å². The number of ether oxygens (including phenoxy) is 1. The number of alkyl halides is 3. The number of hydrogen-bond donors (Lipinski definition) is 1. The Morgan fingerprint density at radius 1 is 1.14 bits per heavy atom. The minimum atomic E-state index is -4.98. The number of carbonyl (C=O) groups excluding carboxylic acids is 2. The summed E-state index contributed by atoms with van der Waals surface area (Å²) < 4.78 is 62.2. The van der Waals surface area contributed by atoms with Crippen molar-refractivity contribution in [1.82, 2.24) is 4.90 Å². The van der Waals surface area contributed by atoms with E-state index in [2.05, 4.69) is 5.16 Å². The van der Waals surface area contributed by atoms with Crippen LogP contribution in [0.3, 0.4) is 0 Å². The number of benzene rings is 2. The van der Waals surface area contributed by atoms with Gasteiger partial charge in [-0.25, -0.2) is 9.18 Å². The first kappa shape index (κ1) is 25.7. The van der Waals surface area contributed by atoms with Crippen LogP contribution in [0.15, 0.2) is 35.5 Å². The number of halogens is 6. The lowest BCUT2D eigenvalue weighted by molar-refractivity contribution is -0.275. The topological polar surface area (TPSA) is 88.4 Å². The van der Waals surface area contributed by atoms with Crippen molar-refractivity contribution in [3.8, 4) is 0 Å². The van der Waals surface area contributed by atoms with Gasteiger partial charge in [-0.1, -0.05) is 40.5 Å². The fourth-order valence-corrected chi connectivity index (χ4v) is 5.25. The van der Waals surface area contributed by atoms with Crippen LogP contribution in [0.1, 0.15) is 47.3 Å². The summed E-state index contributed by atoms with van der Waals surface area (Å²) in [5.74, 6) is -2.29. The van der Waals surface area contributed by atoms with Crippen molar-refractivity contribution in [3.05, 3.63) is 68.4 Å². The summed E-state index contributed by atoms with van der Waals surface area (Å²) in [7, 11) is 0. The minimum Gasteiger partial charge on any atom is -0.447 e. The summed E-state index contributed by atoms with van der Waals surface area (Å²) in [6, 6.07) is 5.93. The van der Waals surface area contributed by atoms with E-state index >= 15 is 0 Å². The van der Waals surface area contributed by atoms with Gasteiger partial charge in [-0.2, -0.15) is 13.2 Å². The van der Waals surface area contributed by atoms with Crippen LogP contribution in [-0.2, 0) is 25.6 Å². The van der Waals surface area contributed by atoms with E-state index in [1.54, 1.807) is 0 Å². The molecule has 1 saturated heterocycles. The largest absolute Gasteiger partial charge is 0.447 e. The number of nitrogens with zero attached hydrogens (tertiary/aromatic N) is 2. The Bertz CT molecular complexity index is 1360. The van der Waals surface area contributed by atoms with Crippen molar-refractivity contribution in [2.75, 3.05) is 13.1 Å². The summed E-state index contributed by atoms with van der Waals surface area (Å²) in [4.78, 5) is 31.2. The first-order valence-corrected chi connectivity index (χ1v) is 11.7. The number of rotatable bonds is 3. The maximum absolute atomic E-state index is 14.3. The zero-order valence-electron chi connectivity index (χ0n) is 19.3. The molecule has 1 atom stereocenters. The van der Waals surface area contributed by atoms with E-state index in [0.29, 0.717) is 5.56 Å². The molecule has 3 aliphatic heterocycles. The fourth-order valence-electron chi connectivity index (χ4n) is 4.76. The summed E-state index contributed by atoms with van der Waals surface area (Å²) in [5.41, 5.74) is -5.54. The molecule has 1 fully saturated rings. The van der Waals surface area contributed by atoms with Crippen molar-refractivity contribution >= 4 is 40.8 Å². The molecule has 196 valence electrons. The van der Waals surface area contributed by atoms with Gasteiger partial charge in [0.2, 0.25) is 0 Å². The molecule has 3 heterocycles. The van der Waals surface area contributed by atoms with E-state index in [9.17, 15) is 32.3 Å². The van der Waals surface area contributed by atoms with Crippen LogP contribution in [0.4, 0.5) is 17.6 Å². The second-order valence-corrected chi connectivity index (χ2v) is 10.6. The number of aliphatic hydroxyl groups is 1. The molecule has 2 aromatic carbocycles. The smallest absolute Gasteiger partial charge is 0.435 e. The lowest BCUT2D eigenvalue weighted by Gasteiger charge is -2.48. The third kappa shape index (κ3) is 3.86. The maximum atomic E-state index is 14.3. The maximum Gasteiger partial charge on any atom is 0.435 e. The first-order valence-electron chi connectivity index (χ1n) is 10.9. The van der Waals surface area contributed by atoms with Crippen LogP contribution in [-0.4, -0.2) is 52.5 Å². The lowest BCUT2D eigenvalue weighted by atomic mass is 9.82. The van der Waals surface area contributed by atoms with Crippen LogP contribution in [0, 0.1) is 5.82 Å². The molecule has 2 aromatic rings. The standard InChI is InChI=1S/C24H18Cl2F4N2O5/c1-21(2,35)20(34)32-9-22(10-32)14-4-3-11(5-13(14)19(33)36-22)17-8-23(37-31-17,24(28,29)30)12-6-15(25)18(27)16(26)7-12/h3-7,35H,8-10H2,1-2H3. The van der Waals surface area contributed by atoms with Gasteiger partial charge >= 0.3 is 12.1 Å². The summed E-state index contributed by atoms with van der Waals surface area (Å²) in [6.07, 6.45) is -5.77. The molecule has 1 unspecified atom stereocenters. The predicted molar refractivity (Wildman–Crippen MR) is 123 cm³/mol. The minimum absolute atomic E-state index is 0.0290. The second kappa shape index (κ2) is 8.05. The Labute approximate surface area is 217 Å². The van der Waals surface area contributed by atoms with Crippen molar-refractivity contribution in [2.24, 2.45) is 5.16 Å². The van der Waals surface area contributed by atoms with Gasteiger partial charge in [0.25, 0.3) is 11.5 Å². The highest BCUT2D eigenvalue weighted by atomic mass is 35.5. The molecule has 13 heteroatoms. The Morgan fingerprint density at radius 2 is 1.76 bits per heavy atom. The molecule has 0 radical (unpaired) electrons. The normalized spacial score (nSPS) is 22.4. The van der Waals surface area contributed by atoms with Gasteiger partial charge in [0.05, 0.1) is 34.4 Å². The van der Waals surface area contributed by atoms with Gasteiger partial charge < -0.3 is 19.6 Å². The van der Waals surface area contributed by atoms with Crippen LogP contribution in [0.5, 0.6) is 0 Å². The molecular weight excluding hydrogens is 543 g/mol. The molecule has 7 nitrogen and oxygen atoms in total. The van der Waals surface area contributed by atoms with Crippen molar-refractivity contribution < 1.29 is 41.8 Å². The Balaban J connectivity index is 1.44. The number of oxime groups is 1. The average Bonchev–Trinajstić information content (AvgIpc) is 3.36. The monoisotopic (exact) mass is 560 g/mol. The second-order valence-electron chi connectivity index (χ2n) is 9.75. The number of esters is 1. The van der Waals surface area contributed by atoms with Crippen molar-refractivity contribution in [1.29, 1.82) is 0 Å². The molecule has 5 rings (SSSR count). The third-order valence-electron chi connectivity index (χ3n) is 6.69. The zero-order chi connectivity index (χ0) is 27.1. The van der Waals surface area contributed by atoms with Crippen molar-refractivity contribution in [2.45, 2.75) is 43.2 Å². The highest BCUT2D eigenvalue weighted by molar-refractivity contribution is 6.35. The SMILES string of the molecule is CC(C)(O)C(=O)N1CC2(C1)OC(=O)c1cc(C3=NOC(c4cc(Cl)c(F)c(Cl)c4)(C(F)(F)F)C3)ccc12.